The summed E-state index contributed by atoms with van der Waals surface area (Å²) in [6.07, 6.45) is 87.5. The molecule has 418 valence electrons. The van der Waals surface area contributed by atoms with Crippen LogP contribution < -0.4 is 5.32 Å². The third kappa shape index (κ3) is 59.1. The maximum absolute atomic E-state index is 12.5. The van der Waals surface area contributed by atoms with Gasteiger partial charge in [0.1, 0.15) is 0 Å². The largest absolute Gasteiger partial charge is 0.394 e. The maximum atomic E-state index is 12.5. The van der Waals surface area contributed by atoms with Gasteiger partial charge in [-0.05, 0) is 70.6 Å². The van der Waals surface area contributed by atoms with E-state index in [4.69, 9.17) is 0 Å². The summed E-state index contributed by atoms with van der Waals surface area (Å²) in [6.45, 7) is 4.33. The van der Waals surface area contributed by atoms with Gasteiger partial charge in [0.05, 0.1) is 18.8 Å². The lowest BCUT2D eigenvalue weighted by molar-refractivity contribution is -0.123. The zero-order valence-corrected chi connectivity index (χ0v) is 48.3. The highest BCUT2D eigenvalue weighted by Crippen LogP contribution is 2.18. The Labute approximate surface area is 445 Å². The molecule has 4 heteroatoms. The molecule has 0 aromatic heterocycles. The van der Waals surface area contributed by atoms with Crippen molar-refractivity contribution in [3.8, 4) is 0 Å². The van der Waals surface area contributed by atoms with E-state index in [1.54, 1.807) is 6.08 Å². The van der Waals surface area contributed by atoms with Crippen molar-refractivity contribution in [2.24, 2.45) is 0 Å². The zero-order chi connectivity index (χ0) is 51.3. The monoisotopic (exact) mass is 994 g/mol. The molecule has 0 rings (SSSR count). The van der Waals surface area contributed by atoms with E-state index >= 15 is 0 Å². The first-order valence-corrected chi connectivity index (χ1v) is 32.4. The molecule has 0 aromatic rings. The van der Waals surface area contributed by atoms with Gasteiger partial charge < -0.3 is 15.5 Å². The molecule has 71 heavy (non-hydrogen) atoms. The maximum Gasteiger partial charge on any atom is 0.220 e. The van der Waals surface area contributed by atoms with Gasteiger partial charge in [-0.1, -0.05) is 326 Å². The van der Waals surface area contributed by atoms with E-state index in [1.165, 1.54) is 295 Å². The molecule has 0 aliphatic heterocycles. The second kappa shape index (κ2) is 62.6. The van der Waals surface area contributed by atoms with Crippen LogP contribution in [0.2, 0.25) is 0 Å². The van der Waals surface area contributed by atoms with E-state index in [0.717, 1.165) is 38.5 Å². The molecule has 0 saturated carbocycles. The Morgan fingerprint density at radius 2 is 0.549 bits per heavy atom. The molecule has 0 bridgehead atoms. The Hall–Kier alpha value is -1.65. The first-order valence-electron chi connectivity index (χ1n) is 32.4. The van der Waals surface area contributed by atoms with Crippen molar-refractivity contribution in [1.82, 2.24) is 5.32 Å². The molecule has 2 atom stereocenters. The molecular formula is C67H127NO3. The van der Waals surface area contributed by atoms with Gasteiger partial charge in [-0.3, -0.25) is 4.79 Å². The minimum atomic E-state index is -0.870. The predicted octanol–water partition coefficient (Wildman–Crippen LogP) is 21.8. The Balaban J connectivity index is 3.45. The molecule has 0 aliphatic carbocycles. The van der Waals surface area contributed by atoms with Crippen molar-refractivity contribution < 1.29 is 15.0 Å². The van der Waals surface area contributed by atoms with Crippen LogP contribution in [0.5, 0.6) is 0 Å². The van der Waals surface area contributed by atoms with Crippen LogP contribution in [0.3, 0.4) is 0 Å². The van der Waals surface area contributed by atoms with Crippen molar-refractivity contribution in [1.29, 1.82) is 0 Å². The summed E-state index contributed by atoms with van der Waals surface area (Å²) >= 11 is 0. The fourth-order valence-corrected chi connectivity index (χ4v) is 10.1. The first-order chi connectivity index (χ1) is 35.2. The van der Waals surface area contributed by atoms with Crippen molar-refractivity contribution in [3.63, 3.8) is 0 Å². The van der Waals surface area contributed by atoms with Crippen molar-refractivity contribution in [2.45, 2.75) is 366 Å². The van der Waals surface area contributed by atoms with Crippen LogP contribution in [0.1, 0.15) is 354 Å². The lowest BCUT2D eigenvalue weighted by Crippen LogP contribution is -2.45. The summed E-state index contributed by atoms with van der Waals surface area (Å²) in [5.74, 6) is -0.0716. The molecule has 1 amide bonds. The second-order valence-electron chi connectivity index (χ2n) is 22.2. The van der Waals surface area contributed by atoms with Gasteiger partial charge in [0, 0.05) is 6.42 Å². The fraction of sp³-hybridized carbons (Fsp3) is 0.866. The van der Waals surface area contributed by atoms with E-state index in [9.17, 15) is 15.0 Å². The lowest BCUT2D eigenvalue weighted by Gasteiger charge is -2.19. The number of hydrogen-bond donors (Lipinski definition) is 3. The third-order valence-corrected chi connectivity index (χ3v) is 15.0. The summed E-state index contributed by atoms with van der Waals surface area (Å²) in [6, 6.07) is -0.646. The number of allylic oxidation sites excluding steroid dienone is 7. The quantitative estimate of drug-likeness (QED) is 0.0420. The van der Waals surface area contributed by atoms with Gasteiger partial charge in [-0.25, -0.2) is 0 Å². The lowest BCUT2D eigenvalue weighted by atomic mass is 10.0. The van der Waals surface area contributed by atoms with E-state index in [-0.39, 0.29) is 12.5 Å². The van der Waals surface area contributed by atoms with Crippen molar-refractivity contribution in [3.05, 3.63) is 48.6 Å². The Kier molecular flexibility index (Phi) is 61.2. The zero-order valence-electron chi connectivity index (χ0n) is 48.3. The van der Waals surface area contributed by atoms with Gasteiger partial charge in [0.25, 0.3) is 0 Å². The highest BCUT2D eigenvalue weighted by molar-refractivity contribution is 5.76. The molecule has 0 saturated heterocycles. The Bertz CT molecular complexity index is 1130. The molecule has 0 heterocycles. The number of aliphatic hydroxyl groups is 2. The number of aliphatic hydroxyl groups excluding tert-OH is 2. The van der Waals surface area contributed by atoms with E-state index < -0.39 is 12.1 Å². The van der Waals surface area contributed by atoms with Crippen LogP contribution in [0.25, 0.3) is 0 Å². The number of hydrogen-bond acceptors (Lipinski definition) is 3. The van der Waals surface area contributed by atoms with E-state index in [1.807, 2.05) is 6.08 Å². The minimum absolute atomic E-state index is 0.0716. The number of rotatable bonds is 60. The number of amides is 1. The van der Waals surface area contributed by atoms with Crippen LogP contribution in [-0.4, -0.2) is 34.9 Å². The van der Waals surface area contributed by atoms with Crippen LogP contribution >= 0.6 is 0 Å². The highest BCUT2D eigenvalue weighted by Gasteiger charge is 2.18. The molecule has 3 N–H and O–H groups in total. The summed E-state index contributed by atoms with van der Waals surface area (Å²) in [5, 5.41) is 23.2. The number of unbranched alkanes of at least 4 members (excludes halogenated alkanes) is 47. The molecule has 4 nitrogen and oxygen atoms in total. The molecule has 2 unspecified atom stereocenters. The minimum Gasteiger partial charge on any atom is -0.394 e. The average Bonchev–Trinajstić information content (AvgIpc) is 3.37. The number of carbonyl (C=O) groups excluding carboxylic acids is 1. The molecule has 0 aliphatic rings. The molecule has 0 fully saturated rings. The van der Waals surface area contributed by atoms with Gasteiger partial charge >= 0.3 is 0 Å². The van der Waals surface area contributed by atoms with Gasteiger partial charge in [0.2, 0.25) is 5.91 Å². The smallest absolute Gasteiger partial charge is 0.220 e. The number of carbonyl (C=O) groups is 1. The van der Waals surface area contributed by atoms with E-state index in [2.05, 4.69) is 55.6 Å². The predicted molar refractivity (Wildman–Crippen MR) is 318 cm³/mol. The van der Waals surface area contributed by atoms with E-state index in [0.29, 0.717) is 6.42 Å². The molecule has 0 spiro atoms. The number of nitrogens with one attached hydrogen (secondary N) is 1. The normalized spacial score (nSPS) is 13.0. The summed E-state index contributed by atoms with van der Waals surface area (Å²) in [7, 11) is 0. The van der Waals surface area contributed by atoms with Gasteiger partial charge in [0.15, 0.2) is 0 Å². The van der Waals surface area contributed by atoms with Crippen LogP contribution in [0.15, 0.2) is 48.6 Å². The molecular weight excluding hydrogens is 867 g/mol. The average molecular weight is 995 g/mol. The molecule has 0 radical (unpaired) electrons. The van der Waals surface area contributed by atoms with Crippen LogP contribution in [0, 0.1) is 0 Å². The van der Waals surface area contributed by atoms with Crippen LogP contribution in [-0.2, 0) is 4.79 Å². The summed E-state index contributed by atoms with van der Waals surface area (Å²) in [4.78, 5) is 12.5. The Morgan fingerprint density at radius 3 is 0.817 bits per heavy atom. The first kappa shape index (κ1) is 69.3. The highest BCUT2D eigenvalue weighted by atomic mass is 16.3. The summed E-state index contributed by atoms with van der Waals surface area (Å²) < 4.78 is 0. The van der Waals surface area contributed by atoms with Gasteiger partial charge in [-0.2, -0.15) is 0 Å². The van der Waals surface area contributed by atoms with Gasteiger partial charge in [-0.15, -0.1) is 0 Å². The molecule has 0 aromatic carbocycles. The van der Waals surface area contributed by atoms with Crippen LogP contribution in [0.4, 0.5) is 0 Å². The topological polar surface area (TPSA) is 69.6 Å². The van der Waals surface area contributed by atoms with Crippen molar-refractivity contribution in [2.75, 3.05) is 6.61 Å². The van der Waals surface area contributed by atoms with Crippen molar-refractivity contribution >= 4 is 5.91 Å². The second-order valence-corrected chi connectivity index (χ2v) is 22.2. The third-order valence-electron chi connectivity index (χ3n) is 15.0. The summed E-state index contributed by atoms with van der Waals surface area (Å²) in [5.41, 5.74) is 0. The Morgan fingerprint density at radius 1 is 0.324 bits per heavy atom. The SMILES string of the molecule is CCCCCCCCCC/C=C\CCCCCCCCCCCCCCCCCCCCCCCCCCCC(=O)NC(CO)C(O)/C=C/CC/C=C/CC/C=C/CCCCCCCCCCCCCC. The standard InChI is InChI=1S/C67H127NO3/c1-3-5-7-9-11-13-15-17-19-21-23-25-27-28-29-30-31-32-33-34-35-36-37-38-39-40-41-43-45-47-49-51-53-55-57-59-61-63-67(71)68-65(64-69)66(70)62-60-58-56-54-52-50-48-46-44-42-26-24-22-20-18-16-14-12-10-8-6-4-2/h21,23,44,46,52,54,60,62,65-66,69-70H,3-20,22,24-43,45,47-51,53,55-59,61,63-64H2,1-2H3,(H,68,71)/b23-21-,46-44+,54-52+,62-60+. The fourth-order valence-electron chi connectivity index (χ4n) is 10.1.